The number of aromatic nitrogens is 2. The van der Waals surface area contributed by atoms with Crippen LogP contribution in [0.5, 0.6) is 0 Å². The van der Waals surface area contributed by atoms with Crippen LogP contribution in [0.3, 0.4) is 0 Å². The Morgan fingerprint density at radius 3 is 2.90 bits per heavy atom. The van der Waals surface area contributed by atoms with Crippen molar-refractivity contribution in [2.24, 2.45) is 5.92 Å². The molecule has 1 atom stereocenters. The first-order chi connectivity index (χ1) is 10.2. The molecule has 0 bridgehead atoms. The third kappa shape index (κ3) is 3.53. The SMILES string of the molecule is CC1CCC(=CC(=O)Nc2cn[nH]c2C2CCNC2)CC1. The second-order valence-corrected chi connectivity index (χ2v) is 6.36. The summed E-state index contributed by atoms with van der Waals surface area (Å²) in [5, 5.41) is 13.5. The first kappa shape index (κ1) is 14.3. The number of nitrogens with one attached hydrogen (secondary N) is 3. The van der Waals surface area contributed by atoms with E-state index in [1.807, 2.05) is 0 Å². The fourth-order valence-electron chi connectivity index (χ4n) is 3.24. The molecule has 1 aromatic rings. The van der Waals surface area contributed by atoms with Crippen molar-refractivity contribution in [3.8, 4) is 0 Å². The predicted octanol–water partition coefficient (Wildman–Crippen LogP) is 2.56. The number of amides is 1. The molecule has 1 saturated heterocycles. The second kappa shape index (κ2) is 6.43. The molecule has 1 amide bonds. The maximum absolute atomic E-state index is 12.2. The molecule has 114 valence electrons. The molecular weight excluding hydrogens is 264 g/mol. The van der Waals surface area contributed by atoms with Gasteiger partial charge in [-0.1, -0.05) is 12.5 Å². The zero-order chi connectivity index (χ0) is 14.7. The van der Waals surface area contributed by atoms with Crippen LogP contribution in [-0.4, -0.2) is 29.2 Å². The summed E-state index contributed by atoms with van der Waals surface area (Å²) in [6.07, 6.45) is 9.10. The summed E-state index contributed by atoms with van der Waals surface area (Å²) in [7, 11) is 0. The van der Waals surface area contributed by atoms with Gasteiger partial charge in [0.15, 0.2) is 0 Å². The molecule has 0 radical (unpaired) electrons. The Labute approximate surface area is 125 Å². The molecule has 3 N–H and O–H groups in total. The first-order valence-corrected chi connectivity index (χ1v) is 7.97. The Hall–Kier alpha value is -1.62. The normalized spacial score (nSPS) is 25.9. The van der Waals surface area contributed by atoms with Gasteiger partial charge < -0.3 is 10.6 Å². The topological polar surface area (TPSA) is 69.8 Å². The van der Waals surface area contributed by atoms with E-state index in [9.17, 15) is 4.79 Å². The van der Waals surface area contributed by atoms with Gasteiger partial charge in [0.05, 0.1) is 17.6 Å². The monoisotopic (exact) mass is 288 g/mol. The highest BCUT2D eigenvalue weighted by Gasteiger charge is 2.22. The van der Waals surface area contributed by atoms with Crippen molar-refractivity contribution in [1.82, 2.24) is 15.5 Å². The van der Waals surface area contributed by atoms with Gasteiger partial charge in [-0.3, -0.25) is 9.89 Å². The highest BCUT2D eigenvalue weighted by molar-refractivity contribution is 6.00. The fraction of sp³-hybridized carbons (Fsp3) is 0.625. The van der Waals surface area contributed by atoms with E-state index in [2.05, 4.69) is 27.8 Å². The van der Waals surface area contributed by atoms with Gasteiger partial charge in [-0.2, -0.15) is 5.10 Å². The number of H-pyrrole nitrogens is 1. The lowest BCUT2D eigenvalue weighted by molar-refractivity contribution is -0.112. The molecule has 2 heterocycles. The quantitative estimate of drug-likeness (QED) is 0.749. The van der Waals surface area contributed by atoms with E-state index in [0.29, 0.717) is 5.92 Å². The van der Waals surface area contributed by atoms with Crippen molar-refractivity contribution in [2.45, 2.75) is 44.9 Å². The van der Waals surface area contributed by atoms with E-state index in [1.54, 1.807) is 12.3 Å². The maximum atomic E-state index is 12.2. The predicted molar refractivity (Wildman–Crippen MR) is 83.2 cm³/mol. The Morgan fingerprint density at radius 1 is 1.38 bits per heavy atom. The Balaban J connectivity index is 1.62. The summed E-state index contributed by atoms with van der Waals surface area (Å²) in [5.74, 6) is 1.19. The number of carbonyl (C=O) groups is 1. The summed E-state index contributed by atoms with van der Waals surface area (Å²) >= 11 is 0. The van der Waals surface area contributed by atoms with Crippen molar-refractivity contribution >= 4 is 11.6 Å². The molecule has 1 aromatic heterocycles. The smallest absolute Gasteiger partial charge is 0.248 e. The number of carbonyl (C=O) groups excluding carboxylic acids is 1. The van der Waals surface area contributed by atoms with Crippen LogP contribution in [0.15, 0.2) is 17.8 Å². The number of anilines is 1. The number of nitrogens with zero attached hydrogens (tertiary/aromatic N) is 1. The Bertz CT molecular complexity index is 518. The van der Waals surface area contributed by atoms with E-state index >= 15 is 0 Å². The maximum Gasteiger partial charge on any atom is 0.248 e. The van der Waals surface area contributed by atoms with Crippen molar-refractivity contribution in [2.75, 3.05) is 18.4 Å². The van der Waals surface area contributed by atoms with Gasteiger partial charge in [-0.15, -0.1) is 0 Å². The molecule has 21 heavy (non-hydrogen) atoms. The van der Waals surface area contributed by atoms with E-state index in [-0.39, 0.29) is 5.91 Å². The zero-order valence-electron chi connectivity index (χ0n) is 12.6. The highest BCUT2D eigenvalue weighted by Crippen LogP contribution is 2.29. The van der Waals surface area contributed by atoms with Crippen LogP contribution in [-0.2, 0) is 4.79 Å². The van der Waals surface area contributed by atoms with Crippen LogP contribution >= 0.6 is 0 Å². The molecule has 2 fully saturated rings. The summed E-state index contributed by atoms with van der Waals surface area (Å²) in [6, 6.07) is 0. The van der Waals surface area contributed by atoms with Crippen molar-refractivity contribution in [1.29, 1.82) is 0 Å². The van der Waals surface area contributed by atoms with Crippen LogP contribution < -0.4 is 10.6 Å². The molecule has 1 aliphatic carbocycles. The molecular formula is C16H24N4O. The van der Waals surface area contributed by atoms with Gasteiger partial charge in [-0.05, 0) is 44.6 Å². The van der Waals surface area contributed by atoms with Crippen LogP contribution in [0, 0.1) is 5.92 Å². The molecule has 1 aliphatic heterocycles. The van der Waals surface area contributed by atoms with Gasteiger partial charge in [-0.25, -0.2) is 0 Å². The standard InChI is InChI=1S/C16H24N4O/c1-11-2-4-12(5-3-11)8-15(21)19-14-10-18-20-16(14)13-6-7-17-9-13/h8,10-11,13,17H,2-7,9H2,1H3,(H,18,20)(H,19,21). The minimum Gasteiger partial charge on any atom is -0.320 e. The van der Waals surface area contributed by atoms with Gasteiger partial charge >= 0.3 is 0 Å². The number of hydrogen-bond acceptors (Lipinski definition) is 3. The minimum atomic E-state index is -0.0202. The van der Waals surface area contributed by atoms with Gasteiger partial charge in [0, 0.05) is 18.5 Å². The van der Waals surface area contributed by atoms with Gasteiger partial charge in [0.1, 0.15) is 0 Å². The van der Waals surface area contributed by atoms with E-state index in [1.165, 1.54) is 18.4 Å². The molecule has 3 rings (SSSR count). The average molecular weight is 288 g/mol. The second-order valence-electron chi connectivity index (χ2n) is 6.36. The van der Waals surface area contributed by atoms with E-state index in [4.69, 9.17) is 0 Å². The number of rotatable bonds is 3. The van der Waals surface area contributed by atoms with Crippen LogP contribution in [0.25, 0.3) is 0 Å². The lowest BCUT2D eigenvalue weighted by Crippen LogP contribution is -2.14. The third-order valence-electron chi connectivity index (χ3n) is 4.65. The molecule has 1 unspecified atom stereocenters. The van der Waals surface area contributed by atoms with Crippen molar-refractivity contribution in [3.05, 3.63) is 23.5 Å². The summed E-state index contributed by atoms with van der Waals surface area (Å²) in [4.78, 5) is 12.2. The van der Waals surface area contributed by atoms with Crippen LogP contribution in [0.2, 0.25) is 0 Å². The van der Waals surface area contributed by atoms with E-state index in [0.717, 1.165) is 49.7 Å². The van der Waals surface area contributed by atoms with Gasteiger partial charge in [0.2, 0.25) is 5.91 Å². The molecule has 2 aliphatic rings. The average Bonchev–Trinajstić information content (AvgIpc) is 3.11. The lowest BCUT2D eigenvalue weighted by atomic mass is 9.87. The zero-order valence-corrected chi connectivity index (χ0v) is 12.6. The van der Waals surface area contributed by atoms with Crippen molar-refractivity contribution in [3.63, 3.8) is 0 Å². The number of allylic oxidation sites excluding steroid dienone is 1. The molecule has 0 aromatic carbocycles. The molecule has 5 nitrogen and oxygen atoms in total. The first-order valence-electron chi connectivity index (χ1n) is 7.97. The third-order valence-corrected chi connectivity index (χ3v) is 4.65. The van der Waals surface area contributed by atoms with Gasteiger partial charge in [0.25, 0.3) is 0 Å². The fourth-order valence-corrected chi connectivity index (χ4v) is 3.24. The highest BCUT2D eigenvalue weighted by atomic mass is 16.1. The largest absolute Gasteiger partial charge is 0.320 e. The summed E-state index contributed by atoms with van der Waals surface area (Å²) in [6.45, 7) is 4.26. The number of aromatic amines is 1. The Morgan fingerprint density at radius 2 is 2.19 bits per heavy atom. The van der Waals surface area contributed by atoms with Crippen LogP contribution in [0.1, 0.15) is 50.6 Å². The lowest BCUT2D eigenvalue weighted by Gasteiger charge is -2.19. The minimum absolute atomic E-state index is 0.0202. The summed E-state index contributed by atoms with van der Waals surface area (Å²) < 4.78 is 0. The number of hydrogen-bond donors (Lipinski definition) is 3. The summed E-state index contributed by atoms with van der Waals surface area (Å²) in [5.41, 5.74) is 3.15. The Kier molecular flexibility index (Phi) is 4.39. The molecule has 1 saturated carbocycles. The molecule has 0 spiro atoms. The van der Waals surface area contributed by atoms with Crippen molar-refractivity contribution < 1.29 is 4.79 Å². The van der Waals surface area contributed by atoms with Crippen LogP contribution in [0.4, 0.5) is 5.69 Å². The van der Waals surface area contributed by atoms with E-state index < -0.39 is 0 Å². The molecule has 5 heteroatoms.